The molecule has 0 unspecified atom stereocenters. The van der Waals surface area contributed by atoms with Gasteiger partial charge < -0.3 is 19.3 Å². The van der Waals surface area contributed by atoms with Gasteiger partial charge in [0, 0.05) is 30.8 Å². The summed E-state index contributed by atoms with van der Waals surface area (Å²) < 4.78 is 10.7. The molecule has 2 aromatic heterocycles. The van der Waals surface area contributed by atoms with Crippen LogP contribution in [-0.4, -0.2) is 34.3 Å². The molecule has 0 fully saturated rings. The summed E-state index contributed by atoms with van der Waals surface area (Å²) in [5.41, 5.74) is -0.165. The maximum absolute atomic E-state index is 12.5. The lowest BCUT2D eigenvalue weighted by atomic mass is 10.1. The minimum atomic E-state index is -0.673. The molecule has 1 aromatic carbocycles. The summed E-state index contributed by atoms with van der Waals surface area (Å²) >= 11 is 0. The lowest BCUT2D eigenvalue weighted by Crippen LogP contribution is -2.33. The highest BCUT2D eigenvalue weighted by atomic mass is 16.4. The van der Waals surface area contributed by atoms with Gasteiger partial charge in [0.1, 0.15) is 5.58 Å². The van der Waals surface area contributed by atoms with Gasteiger partial charge >= 0.3 is 0 Å². The minimum absolute atomic E-state index is 0.0560. The van der Waals surface area contributed by atoms with E-state index in [1.807, 2.05) is 0 Å². The summed E-state index contributed by atoms with van der Waals surface area (Å²) in [7, 11) is 0. The average Bonchev–Trinajstić information content (AvgIpc) is 3.34. The number of rotatable bonds is 5. The first kappa shape index (κ1) is 18.2. The van der Waals surface area contributed by atoms with Crippen LogP contribution in [0.15, 0.2) is 62.4 Å². The SMILES string of the molecule is O=C(CCN1C(=O)C=CC1=O)Nc1ccc2oc(-c3ccco3)c(O)c(=O)c2c1. The van der Waals surface area contributed by atoms with Gasteiger partial charge in [-0.1, -0.05) is 0 Å². The van der Waals surface area contributed by atoms with E-state index < -0.39 is 28.9 Å². The van der Waals surface area contributed by atoms with Crippen molar-refractivity contribution in [2.75, 3.05) is 11.9 Å². The number of benzene rings is 1. The highest BCUT2D eigenvalue weighted by Crippen LogP contribution is 2.31. The van der Waals surface area contributed by atoms with Crippen LogP contribution in [0.3, 0.4) is 0 Å². The number of hydrogen-bond donors (Lipinski definition) is 2. The lowest BCUT2D eigenvalue weighted by Gasteiger charge is -2.13. The van der Waals surface area contributed by atoms with E-state index in [9.17, 15) is 24.3 Å². The summed E-state index contributed by atoms with van der Waals surface area (Å²) in [5, 5.41) is 12.8. The van der Waals surface area contributed by atoms with Gasteiger partial charge in [0.2, 0.25) is 22.8 Å². The molecular formula is C20H14N2O7. The molecule has 2 N–H and O–H groups in total. The van der Waals surface area contributed by atoms with Crippen molar-refractivity contribution in [3.63, 3.8) is 0 Å². The third kappa shape index (κ3) is 3.41. The second-order valence-corrected chi connectivity index (χ2v) is 6.26. The number of carbonyl (C=O) groups excluding carboxylic acids is 3. The minimum Gasteiger partial charge on any atom is -0.501 e. The summed E-state index contributed by atoms with van der Waals surface area (Å²) in [4.78, 5) is 48.6. The van der Waals surface area contributed by atoms with Crippen LogP contribution >= 0.6 is 0 Å². The Hall–Kier alpha value is -4.14. The fourth-order valence-corrected chi connectivity index (χ4v) is 2.93. The van der Waals surface area contributed by atoms with Gasteiger partial charge in [0.15, 0.2) is 5.76 Å². The summed E-state index contributed by atoms with van der Waals surface area (Å²) in [5.74, 6) is -1.85. The normalized spacial score (nSPS) is 13.4. The monoisotopic (exact) mass is 394 g/mol. The molecule has 9 nitrogen and oxygen atoms in total. The molecular weight excluding hydrogens is 380 g/mol. The van der Waals surface area contributed by atoms with Crippen molar-refractivity contribution in [2.24, 2.45) is 0 Å². The van der Waals surface area contributed by atoms with E-state index in [1.165, 1.54) is 24.5 Å². The number of anilines is 1. The maximum atomic E-state index is 12.5. The zero-order chi connectivity index (χ0) is 20.5. The second-order valence-electron chi connectivity index (χ2n) is 6.26. The summed E-state index contributed by atoms with van der Waals surface area (Å²) in [6.07, 6.45) is 3.57. The van der Waals surface area contributed by atoms with Crippen LogP contribution in [0.25, 0.3) is 22.5 Å². The third-order valence-corrected chi connectivity index (χ3v) is 4.36. The topological polar surface area (TPSA) is 130 Å². The van der Waals surface area contributed by atoms with Gasteiger partial charge in [-0.05, 0) is 30.3 Å². The second kappa shape index (κ2) is 7.12. The van der Waals surface area contributed by atoms with E-state index in [1.54, 1.807) is 12.1 Å². The van der Waals surface area contributed by atoms with Gasteiger partial charge in [0.05, 0.1) is 11.6 Å². The molecule has 3 heterocycles. The van der Waals surface area contributed by atoms with Crippen molar-refractivity contribution in [3.8, 4) is 17.3 Å². The molecule has 0 bridgehead atoms. The molecule has 0 aliphatic carbocycles. The molecule has 146 valence electrons. The van der Waals surface area contributed by atoms with E-state index in [2.05, 4.69) is 5.32 Å². The van der Waals surface area contributed by atoms with E-state index in [0.717, 1.165) is 17.1 Å². The van der Waals surface area contributed by atoms with Crippen LogP contribution in [0, 0.1) is 0 Å². The highest BCUT2D eigenvalue weighted by Gasteiger charge is 2.23. The first-order valence-electron chi connectivity index (χ1n) is 8.61. The number of aromatic hydroxyl groups is 1. The molecule has 0 radical (unpaired) electrons. The fourth-order valence-electron chi connectivity index (χ4n) is 2.93. The molecule has 0 saturated carbocycles. The standard InChI is InChI=1S/C20H14N2O7/c23-15(7-8-22-16(24)5-6-17(22)25)21-11-3-4-13-12(10-11)18(26)19(27)20(29-13)14-2-1-9-28-14/h1-6,9-10,27H,7-8H2,(H,21,23). The molecule has 3 amide bonds. The first-order chi connectivity index (χ1) is 13.9. The number of amides is 3. The summed E-state index contributed by atoms with van der Waals surface area (Å²) in [6, 6.07) is 7.52. The number of carbonyl (C=O) groups is 3. The molecule has 3 aromatic rings. The van der Waals surface area contributed by atoms with Crippen molar-refractivity contribution in [1.82, 2.24) is 4.90 Å². The number of furan rings is 1. The predicted octanol–water partition coefficient (Wildman–Crippen LogP) is 2.01. The van der Waals surface area contributed by atoms with Crippen molar-refractivity contribution in [2.45, 2.75) is 6.42 Å². The number of imide groups is 1. The van der Waals surface area contributed by atoms with Crippen LogP contribution < -0.4 is 10.7 Å². The largest absolute Gasteiger partial charge is 0.501 e. The van der Waals surface area contributed by atoms with Crippen LogP contribution in [0.2, 0.25) is 0 Å². The zero-order valence-corrected chi connectivity index (χ0v) is 14.9. The van der Waals surface area contributed by atoms with Crippen LogP contribution in [0.1, 0.15) is 6.42 Å². The molecule has 9 heteroatoms. The summed E-state index contributed by atoms with van der Waals surface area (Å²) in [6.45, 7) is -0.0560. The Morgan fingerprint density at radius 1 is 1.10 bits per heavy atom. The van der Waals surface area contributed by atoms with E-state index in [-0.39, 0.29) is 35.5 Å². The molecule has 4 rings (SSSR count). The van der Waals surface area contributed by atoms with Gasteiger partial charge in [-0.25, -0.2) is 0 Å². The first-order valence-corrected chi connectivity index (χ1v) is 8.61. The molecule has 1 aliphatic rings. The van der Waals surface area contributed by atoms with E-state index in [4.69, 9.17) is 8.83 Å². The molecule has 0 saturated heterocycles. The molecule has 0 spiro atoms. The van der Waals surface area contributed by atoms with Gasteiger partial charge in [0.25, 0.3) is 11.8 Å². The Labute approximate surface area is 162 Å². The van der Waals surface area contributed by atoms with Crippen LogP contribution in [-0.2, 0) is 14.4 Å². The number of nitrogens with zero attached hydrogens (tertiary/aromatic N) is 1. The van der Waals surface area contributed by atoms with Crippen molar-refractivity contribution in [3.05, 3.63) is 59.0 Å². The van der Waals surface area contributed by atoms with Crippen LogP contribution in [0.4, 0.5) is 5.69 Å². The molecule has 1 aliphatic heterocycles. The molecule has 29 heavy (non-hydrogen) atoms. The van der Waals surface area contributed by atoms with Gasteiger partial charge in [-0.2, -0.15) is 0 Å². The zero-order valence-electron chi connectivity index (χ0n) is 14.9. The number of nitrogens with one attached hydrogen (secondary N) is 1. The smallest absolute Gasteiger partial charge is 0.253 e. The lowest BCUT2D eigenvalue weighted by molar-refractivity contribution is -0.137. The van der Waals surface area contributed by atoms with E-state index in [0.29, 0.717) is 5.69 Å². The Morgan fingerprint density at radius 3 is 2.55 bits per heavy atom. The fraction of sp³-hybridized carbons (Fsp3) is 0.100. The van der Waals surface area contributed by atoms with Crippen molar-refractivity contribution in [1.29, 1.82) is 0 Å². The Balaban J connectivity index is 1.53. The van der Waals surface area contributed by atoms with Gasteiger partial charge in [-0.15, -0.1) is 0 Å². The quantitative estimate of drug-likeness (QED) is 0.633. The predicted molar refractivity (Wildman–Crippen MR) is 101 cm³/mol. The number of hydrogen-bond acceptors (Lipinski definition) is 7. The Kier molecular flexibility index (Phi) is 4.47. The van der Waals surface area contributed by atoms with Crippen LogP contribution in [0.5, 0.6) is 5.75 Å². The number of fused-ring (bicyclic) bond motifs is 1. The average molecular weight is 394 g/mol. The third-order valence-electron chi connectivity index (χ3n) is 4.36. The van der Waals surface area contributed by atoms with Crippen molar-refractivity contribution >= 4 is 34.4 Å². The Bertz CT molecular complexity index is 1200. The van der Waals surface area contributed by atoms with E-state index >= 15 is 0 Å². The highest BCUT2D eigenvalue weighted by molar-refractivity contribution is 6.13. The maximum Gasteiger partial charge on any atom is 0.253 e. The molecule has 0 atom stereocenters. The Morgan fingerprint density at radius 2 is 1.86 bits per heavy atom. The van der Waals surface area contributed by atoms with Crippen molar-refractivity contribution < 1.29 is 28.3 Å². The van der Waals surface area contributed by atoms with Gasteiger partial charge in [-0.3, -0.25) is 24.1 Å².